The van der Waals surface area contributed by atoms with Gasteiger partial charge in [-0.1, -0.05) is 41.4 Å². The molecule has 96 valence electrons. The monoisotopic (exact) mass is 299 g/mol. The number of hydrogen-bond acceptors (Lipinski definition) is 2. The largest absolute Gasteiger partial charge is 0.303 e. The third-order valence-electron chi connectivity index (χ3n) is 2.89. The fraction of sp³-hybridized carbons (Fsp3) is 0.286. The molecule has 1 heterocycles. The van der Waals surface area contributed by atoms with E-state index in [0.717, 1.165) is 14.9 Å². The summed E-state index contributed by atoms with van der Waals surface area (Å²) in [6, 6.07) is 12.4. The molecule has 1 aromatic heterocycles. The molecule has 1 nitrogen and oxygen atoms in total. The van der Waals surface area contributed by atoms with Crippen LogP contribution in [0.1, 0.15) is 36.4 Å². The summed E-state index contributed by atoms with van der Waals surface area (Å²) < 4.78 is 0.823. The van der Waals surface area contributed by atoms with Crippen molar-refractivity contribution in [2.75, 3.05) is 0 Å². The number of rotatable bonds is 4. The minimum Gasteiger partial charge on any atom is -0.303 e. The lowest BCUT2D eigenvalue weighted by atomic mass is 10.1. The maximum atomic E-state index is 6.19. The van der Waals surface area contributed by atoms with Crippen LogP contribution in [-0.2, 0) is 0 Å². The van der Waals surface area contributed by atoms with E-state index in [2.05, 4.69) is 25.2 Å². The van der Waals surface area contributed by atoms with Crippen molar-refractivity contribution in [1.29, 1.82) is 0 Å². The lowest BCUT2D eigenvalue weighted by Crippen LogP contribution is -2.22. The van der Waals surface area contributed by atoms with Gasteiger partial charge in [-0.25, -0.2) is 0 Å². The Hall–Kier alpha value is -0.540. The van der Waals surface area contributed by atoms with Crippen LogP contribution >= 0.6 is 34.5 Å². The van der Waals surface area contributed by atoms with Crippen molar-refractivity contribution in [1.82, 2.24) is 5.32 Å². The first-order valence-electron chi connectivity index (χ1n) is 5.83. The summed E-state index contributed by atoms with van der Waals surface area (Å²) in [5.41, 5.74) is 1.12. The van der Waals surface area contributed by atoms with Gasteiger partial charge in [0, 0.05) is 22.0 Å². The molecule has 0 spiro atoms. The molecule has 0 saturated carbocycles. The van der Waals surface area contributed by atoms with E-state index in [1.54, 1.807) is 11.3 Å². The van der Waals surface area contributed by atoms with E-state index in [4.69, 9.17) is 23.2 Å². The Balaban J connectivity index is 2.08. The van der Waals surface area contributed by atoms with Gasteiger partial charge in [0.25, 0.3) is 0 Å². The summed E-state index contributed by atoms with van der Waals surface area (Å²) in [4.78, 5) is 1.24. The van der Waals surface area contributed by atoms with E-state index < -0.39 is 0 Å². The second kappa shape index (κ2) is 6.07. The minimum atomic E-state index is 0.203. The highest BCUT2D eigenvalue weighted by atomic mass is 35.5. The van der Waals surface area contributed by atoms with Crippen LogP contribution in [0.25, 0.3) is 0 Å². The maximum absolute atomic E-state index is 6.19. The highest BCUT2D eigenvalue weighted by Gasteiger charge is 2.14. The molecule has 2 unspecified atom stereocenters. The molecule has 1 N–H and O–H groups in total. The first kappa shape index (κ1) is 13.9. The van der Waals surface area contributed by atoms with Crippen LogP contribution in [0.4, 0.5) is 0 Å². The second-order valence-corrected chi connectivity index (χ2v) is 6.43. The van der Waals surface area contributed by atoms with E-state index in [-0.39, 0.29) is 12.1 Å². The van der Waals surface area contributed by atoms with Gasteiger partial charge >= 0.3 is 0 Å². The lowest BCUT2D eigenvalue weighted by Gasteiger charge is -2.20. The topological polar surface area (TPSA) is 12.0 Å². The highest BCUT2D eigenvalue weighted by molar-refractivity contribution is 7.16. The van der Waals surface area contributed by atoms with Crippen molar-refractivity contribution in [3.05, 3.63) is 56.2 Å². The Morgan fingerprint density at radius 2 is 1.72 bits per heavy atom. The Bertz CT molecular complexity index is 524. The number of benzene rings is 1. The zero-order chi connectivity index (χ0) is 13.1. The van der Waals surface area contributed by atoms with Gasteiger partial charge in [0.15, 0.2) is 0 Å². The number of nitrogens with one attached hydrogen (secondary N) is 1. The third kappa shape index (κ3) is 3.27. The van der Waals surface area contributed by atoms with Crippen LogP contribution < -0.4 is 5.32 Å². The predicted molar refractivity (Wildman–Crippen MR) is 80.7 cm³/mol. The molecule has 0 bridgehead atoms. The average molecular weight is 300 g/mol. The highest BCUT2D eigenvalue weighted by Crippen LogP contribution is 2.29. The molecule has 4 heteroatoms. The van der Waals surface area contributed by atoms with Gasteiger partial charge in [0.1, 0.15) is 0 Å². The first-order chi connectivity index (χ1) is 8.58. The van der Waals surface area contributed by atoms with Gasteiger partial charge in [-0.3, -0.25) is 0 Å². The van der Waals surface area contributed by atoms with E-state index in [1.165, 1.54) is 4.88 Å². The van der Waals surface area contributed by atoms with Crippen molar-refractivity contribution in [3.63, 3.8) is 0 Å². The van der Waals surface area contributed by atoms with Gasteiger partial charge < -0.3 is 5.32 Å². The first-order valence-corrected chi connectivity index (χ1v) is 7.41. The van der Waals surface area contributed by atoms with Gasteiger partial charge in [0.05, 0.1) is 4.34 Å². The quantitative estimate of drug-likeness (QED) is 0.789. The molecular weight excluding hydrogens is 285 g/mol. The molecule has 2 rings (SSSR count). The number of halogens is 2. The van der Waals surface area contributed by atoms with Gasteiger partial charge in [0.2, 0.25) is 0 Å². The van der Waals surface area contributed by atoms with Gasteiger partial charge in [-0.15, -0.1) is 11.3 Å². The number of hydrogen-bond donors (Lipinski definition) is 1. The number of thiophene rings is 1. The minimum absolute atomic E-state index is 0.203. The molecule has 0 aliphatic carbocycles. The van der Waals surface area contributed by atoms with E-state index in [0.29, 0.717) is 0 Å². The molecule has 2 atom stereocenters. The van der Waals surface area contributed by atoms with Crippen LogP contribution in [0.15, 0.2) is 36.4 Å². The Morgan fingerprint density at radius 3 is 2.33 bits per heavy atom. The molecule has 0 aliphatic rings. The van der Waals surface area contributed by atoms with Gasteiger partial charge in [-0.2, -0.15) is 0 Å². The molecule has 0 fully saturated rings. The van der Waals surface area contributed by atoms with Crippen LogP contribution in [0.3, 0.4) is 0 Å². The van der Waals surface area contributed by atoms with Crippen molar-refractivity contribution >= 4 is 34.5 Å². The summed E-state index contributed by atoms with van der Waals surface area (Å²) in [6.45, 7) is 4.25. The zero-order valence-corrected chi connectivity index (χ0v) is 12.6. The van der Waals surface area contributed by atoms with E-state index in [9.17, 15) is 0 Å². The predicted octanol–water partition coefficient (Wildman–Crippen LogP) is 5.47. The molecule has 0 aliphatic heterocycles. The van der Waals surface area contributed by atoms with Crippen LogP contribution in [0.5, 0.6) is 0 Å². The lowest BCUT2D eigenvalue weighted by molar-refractivity contribution is 0.500. The molecule has 0 amide bonds. The molecular formula is C14H15Cl2NS. The summed E-state index contributed by atoms with van der Waals surface area (Å²) in [5, 5.41) is 4.33. The summed E-state index contributed by atoms with van der Waals surface area (Å²) in [7, 11) is 0. The van der Waals surface area contributed by atoms with Crippen molar-refractivity contribution in [2.24, 2.45) is 0 Å². The summed E-state index contributed by atoms with van der Waals surface area (Å²) >= 11 is 13.8. The van der Waals surface area contributed by atoms with Crippen molar-refractivity contribution in [2.45, 2.75) is 25.9 Å². The fourth-order valence-electron chi connectivity index (χ4n) is 1.93. The summed E-state index contributed by atoms with van der Waals surface area (Å²) in [5.74, 6) is 0. The normalized spacial score (nSPS) is 14.4. The SMILES string of the molecule is CC(NC(C)c1ccccc1Cl)c1ccc(Cl)s1. The van der Waals surface area contributed by atoms with Crippen molar-refractivity contribution < 1.29 is 0 Å². The molecule has 2 aromatic rings. The molecule has 1 aromatic carbocycles. The van der Waals surface area contributed by atoms with Crippen LogP contribution in [0, 0.1) is 0 Å². The maximum Gasteiger partial charge on any atom is 0.0931 e. The average Bonchev–Trinajstić information content (AvgIpc) is 2.76. The zero-order valence-electron chi connectivity index (χ0n) is 10.3. The smallest absolute Gasteiger partial charge is 0.0931 e. The second-order valence-electron chi connectivity index (χ2n) is 4.27. The Kier molecular flexibility index (Phi) is 4.68. The Labute approximate surface area is 122 Å². The van der Waals surface area contributed by atoms with Crippen molar-refractivity contribution in [3.8, 4) is 0 Å². The Morgan fingerprint density at radius 1 is 1.00 bits per heavy atom. The van der Waals surface area contributed by atoms with E-state index in [1.807, 2.05) is 30.3 Å². The molecule has 0 radical (unpaired) electrons. The van der Waals surface area contributed by atoms with Crippen LogP contribution in [0.2, 0.25) is 9.36 Å². The standard InChI is InChI=1S/C14H15Cl2NS/c1-9(11-5-3-4-6-12(11)15)17-10(2)13-7-8-14(16)18-13/h3-10,17H,1-2H3. The van der Waals surface area contributed by atoms with E-state index >= 15 is 0 Å². The molecule has 0 saturated heterocycles. The fourth-order valence-corrected chi connectivity index (χ4v) is 3.31. The van der Waals surface area contributed by atoms with Crippen LogP contribution in [-0.4, -0.2) is 0 Å². The third-order valence-corrected chi connectivity index (χ3v) is 4.65. The molecule has 18 heavy (non-hydrogen) atoms. The summed E-state index contributed by atoms with van der Waals surface area (Å²) in [6.07, 6.45) is 0. The van der Waals surface area contributed by atoms with Gasteiger partial charge in [-0.05, 0) is 37.6 Å².